The van der Waals surface area contributed by atoms with E-state index in [4.69, 9.17) is 5.11 Å². The third-order valence-corrected chi connectivity index (χ3v) is 1.42. The zero-order valence-corrected chi connectivity index (χ0v) is 6.96. The first-order chi connectivity index (χ1) is 4.66. The molecule has 0 radical (unpaired) electrons. The minimum absolute atomic E-state index is 0.361. The molecule has 0 bridgehead atoms. The Labute approximate surface area is 63.1 Å². The molecule has 10 heavy (non-hydrogen) atoms. The summed E-state index contributed by atoms with van der Waals surface area (Å²) in [4.78, 5) is 0. The maximum Gasteiger partial charge on any atom is 0.0891 e. The molecule has 0 heterocycles. The molecular formula is C9H16O. The standard InChI is InChI=1S/C9H16O/c1-4-8(2)6-5-7-9(3)10/h5-8,10H,4H2,1-3H3/b6-5-,9-7+. The van der Waals surface area contributed by atoms with E-state index in [0.717, 1.165) is 6.42 Å². The predicted molar refractivity (Wildman–Crippen MR) is 45.0 cm³/mol. The van der Waals surface area contributed by atoms with E-state index in [1.54, 1.807) is 13.0 Å². The molecule has 1 nitrogen and oxygen atoms in total. The van der Waals surface area contributed by atoms with Gasteiger partial charge in [-0.2, -0.15) is 0 Å². The molecule has 58 valence electrons. The first-order valence-corrected chi connectivity index (χ1v) is 3.70. The number of hydrogen-bond donors (Lipinski definition) is 1. The Hall–Kier alpha value is -0.720. The van der Waals surface area contributed by atoms with Gasteiger partial charge in [0.1, 0.15) is 0 Å². The fraction of sp³-hybridized carbons (Fsp3) is 0.556. The minimum Gasteiger partial charge on any atom is -0.513 e. The van der Waals surface area contributed by atoms with Gasteiger partial charge in [0.15, 0.2) is 0 Å². The zero-order chi connectivity index (χ0) is 7.98. The highest BCUT2D eigenvalue weighted by molar-refractivity contribution is 5.05. The third kappa shape index (κ3) is 5.42. The molecule has 0 aliphatic rings. The van der Waals surface area contributed by atoms with Gasteiger partial charge in [0.05, 0.1) is 5.76 Å². The van der Waals surface area contributed by atoms with Crippen LogP contribution in [0.15, 0.2) is 24.0 Å². The highest BCUT2D eigenvalue weighted by atomic mass is 16.3. The molecule has 1 heteroatoms. The van der Waals surface area contributed by atoms with E-state index < -0.39 is 0 Å². The molecule has 0 saturated heterocycles. The van der Waals surface area contributed by atoms with E-state index in [-0.39, 0.29) is 0 Å². The molecule has 0 saturated carbocycles. The van der Waals surface area contributed by atoms with Crippen molar-refractivity contribution in [3.05, 3.63) is 24.0 Å². The molecule has 0 aliphatic carbocycles. The van der Waals surface area contributed by atoms with Crippen LogP contribution in [0.25, 0.3) is 0 Å². The summed E-state index contributed by atoms with van der Waals surface area (Å²) in [6, 6.07) is 0. The second-order valence-electron chi connectivity index (χ2n) is 2.58. The molecule has 0 fully saturated rings. The third-order valence-electron chi connectivity index (χ3n) is 1.42. The molecule has 0 rings (SSSR count). The average Bonchev–Trinajstić information content (AvgIpc) is 1.87. The molecule has 0 aromatic rings. The lowest BCUT2D eigenvalue weighted by Gasteiger charge is -1.96. The van der Waals surface area contributed by atoms with E-state index in [2.05, 4.69) is 19.9 Å². The molecule has 1 N–H and O–H groups in total. The van der Waals surface area contributed by atoms with Gasteiger partial charge >= 0.3 is 0 Å². The Balaban J connectivity index is 3.66. The van der Waals surface area contributed by atoms with Crippen LogP contribution in [0.1, 0.15) is 27.2 Å². The summed E-state index contributed by atoms with van der Waals surface area (Å²) in [5, 5.41) is 8.75. The van der Waals surface area contributed by atoms with Gasteiger partial charge in [-0.15, -0.1) is 0 Å². The van der Waals surface area contributed by atoms with E-state index in [0.29, 0.717) is 11.7 Å². The first kappa shape index (κ1) is 9.28. The monoisotopic (exact) mass is 140 g/mol. The van der Waals surface area contributed by atoms with Crippen molar-refractivity contribution in [2.75, 3.05) is 0 Å². The van der Waals surface area contributed by atoms with E-state index in [1.165, 1.54) is 0 Å². The second kappa shape index (κ2) is 5.10. The molecule has 1 atom stereocenters. The molecule has 0 aliphatic heterocycles. The smallest absolute Gasteiger partial charge is 0.0891 e. The molecular weight excluding hydrogens is 124 g/mol. The summed E-state index contributed by atoms with van der Waals surface area (Å²) in [5.74, 6) is 0.968. The van der Waals surface area contributed by atoms with Gasteiger partial charge in [0, 0.05) is 0 Å². The predicted octanol–water partition coefficient (Wildman–Crippen LogP) is 3.05. The van der Waals surface area contributed by atoms with E-state index in [9.17, 15) is 0 Å². The van der Waals surface area contributed by atoms with Crippen molar-refractivity contribution >= 4 is 0 Å². The summed E-state index contributed by atoms with van der Waals surface area (Å²) in [6.45, 7) is 5.96. The number of hydrogen-bond acceptors (Lipinski definition) is 1. The summed E-state index contributed by atoms with van der Waals surface area (Å²) < 4.78 is 0. The minimum atomic E-state index is 0.361. The normalized spacial score (nSPS) is 16.1. The van der Waals surface area contributed by atoms with Crippen LogP contribution < -0.4 is 0 Å². The van der Waals surface area contributed by atoms with Gasteiger partial charge in [0.2, 0.25) is 0 Å². The van der Waals surface area contributed by atoms with Crippen LogP contribution in [-0.2, 0) is 0 Å². The Bertz CT molecular complexity index is 130. The number of allylic oxidation sites excluding steroid dienone is 4. The molecule has 0 amide bonds. The van der Waals surface area contributed by atoms with Crippen LogP contribution in [0.4, 0.5) is 0 Å². The van der Waals surface area contributed by atoms with Crippen molar-refractivity contribution in [1.82, 2.24) is 0 Å². The van der Waals surface area contributed by atoms with Crippen molar-refractivity contribution in [2.24, 2.45) is 5.92 Å². The van der Waals surface area contributed by atoms with Gasteiger partial charge in [-0.05, 0) is 18.9 Å². The van der Waals surface area contributed by atoms with Crippen LogP contribution in [0, 0.1) is 5.92 Å². The molecule has 0 spiro atoms. The fourth-order valence-corrected chi connectivity index (χ4v) is 0.521. The van der Waals surface area contributed by atoms with Crippen LogP contribution in [0.2, 0.25) is 0 Å². The Morgan fingerprint density at radius 2 is 2.20 bits per heavy atom. The lowest BCUT2D eigenvalue weighted by atomic mass is 10.1. The van der Waals surface area contributed by atoms with Crippen LogP contribution in [0.5, 0.6) is 0 Å². The summed E-state index contributed by atoms with van der Waals surface area (Å²) in [7, 11) is 0. The van der Waals surface area contributed by atoms with Gasteiger partial charge in [-0.1, -0.05) is 32.4 Å². The first-order valence-electron chi connectivity index (χ1n) is 3.70. The van der Waals surface area contributed by atoms with Crippen molar-refractivity contribution in [2.45, 2.75) is 27.2 Å². The lowest BCUT2D eigenvalue weighted by Crippen LogP contribution is -1.82. The quantitative estimate of drug-likeness (QED) is 0.472. The van der Waals surface area contributed by atoms with Gasteiger partial charge in [-0.3, -0.25) is 0 Å². The Kier molecular flexibility index (Phi) is 4.73. The van der Waals surface area contributed by atoms with Gasteiger partial charge in [0.25, 0.3) is 0 Å². The lowest BCUT2D eigenvalue weighted by molar-refractivity contribution is 0.414. The number of rotatable bonds is 3. The number of aliphatic hydroxyl groups excluding tert-OH is 1. The maximum absolute atomic E-state index is 8.75. The highest BCUT2D eigenvalue weighted by Gasteiger charge is 1.87. The Morgan fingerprint density at radius 3 is 2.60 bits per heavy atom. The maximum atomic E-state index is 8.75. The van der Waals surface area contributed by atoms with Crippen molar-refractivity contribution in [3.63, 3.8) is 0 Å². The van der Waals surface area contributed by atoms with Gasteiger partial charge in [-0.25, -0.2) is 0 Å². The van der Waals surface area contributed by atoms with Crippen molar-refractivity contribution < 1.29 is 5.11 Å². The van der Waals surface area contributed by atoms with Crippen LogP contribution >= 0.6 is 0 Å². The van der Waals surface area contributed by atoms with Crippen molar-refractivity contribution in [1.29, 1.82) is 0 Å². The molecule has 1 unspecified atom stereocenters. The summed E-state index contributed by atoms with van der Waals surface area (Å²) in [5.41, 5.74) is 0. The van der Waals surface area contributed by atoms with Crippen molar-refractivity contribution in [3.8, 4) is 0 Å². The topological polar surface area (TPSA) is 20.2 Å². The van der Waals surface area contributed by atoms with E-state index in [1.807, 2.05) is 6.08 Å². The zero-order valence-electron chi connectivity index (χ0n) is 6.96. The highest BCUT2D eigenvalue weighted by Crippen LogP contribution is 2.01. The van der Waals surface area contributed by atoms with Crippen LogP contribution in [-0.4, -0.2) is 5.11 Å². The average molecular weight is 140 g/mol. The second-order valence-corrected chi connectivity index (χ2v) is 2.58. The molecule has 0 aromatic heterocycles. The summed E-state index contributed by atoms with van der Waals surface area (Å²) >= 11 is 0. The van der Waals surface area contributed by atoms with E-state index >= 15 is 0 Å². The van der Waals surface area contributed by atoms with Crippen LogP contribution in [0.3, 0.4) is 0 Å². The largest absolute Gasteiger partial charge is 0.513 e. The fourth-order valence-electron chi connectivity index (χ4n) is 0.521. The SMILES string of the molecule is CCC(C)/C=C\C=C(/C)O. The Morgan fingerprint density at radius 1 is 1.60 bits per heavy atom. The number of aliphatic hydroxyl groups is 1. The molecule has 0 aromatic carbocycles. The van der Waals surface area contributed by atoms with Gasteiger partial charge < -0.3 is 5.11 Å². The summed E-state index contributed by atoms with van der Waals surface area (Å²) in [6.07, 6.45) is 6.82.